The molecule has 164 valence electrons. The molecule has 0 unspecified atom stereocenters. The molecule has 0 aliphatic carbocycles. The molecule has 0 aliphatic rings. The summed E-state index contributed by atoms with van der Waals surface area (Å²) < 4.78 is 1.32. The average molecular weight is 442 g/mol. The van der Waals surface area contributed by atoms with E-state index in [1.54, 1.807) is 5.38 Å². The van der Waals surface area contributed by atoms with Gasteiger partial charge in [-0.05, 0) is 12.8 Å². The second-order valence-corrected chi connectivity index (χ2v) is 8.07. The highest BCUT2D eigenvalue weighted by Gasteiger charge is 2.26. The summed E-state index contributed by atoms with van der Waals surface area (Å²) in [6.07, 6.45) is 3.09. The summed E-state index contributed by atoms with van der Waals surface area (Å²) in [5.74, 6) is -0.407. The number of nitrogens with one attached hydrogen (secondary N) is 1. The van der Waals surface area contributed by atoms with Crippen LogP contribution in [-0.2, 0) is 6.54 Å². The maximum Gasteiger partial charge on any atom is 0.330 e. The molecule has 0 radical (unpaired) electrons. The molecule has 3 N–H and O–H groups in total. The smallest absolute Gasteiger partial charge is 0.330 e. The number of H-pyrrole nitrogens is 1. The van der Waals surface area contributed by atoms with Crippen LogP contribution in [0, 0.1) is 0 Å². The fraction of sp³-hybridized carbons (Fsp3) is 0.364. The Morgan fingerprint density at radius 3 is 2.55 bits per heavy atom. The Kier molecular flexibility index (Phi) is 7.41. The maximum absolute atomic E-state index is 13.4. The number of nitrogen functional groups attached to an aromatic ring is 1. The molecule has 0 spiro atoms. The number of carbonyl (C=O) groups is 1. The third-order valence-corrected chi connectivity index (χ3v) is 5.84. The van der Waals surface area contributed by atoms with Gasteiger partial charge in [0.1, 0.15) is 16.5 Å². The summed E-state index contributed by atoms with van der Waals surface area (Å²) in [7, 11) is 0. The lowest BCUT2D eigenvalue weighted by Gasteiger charge is -2.23. The number of thiazole rings is 1. The summed E-state index contributed by atoms with van der Waals surface area (Å²) in [6, 6.07) is 9.58. The summed E-state index contributed by atoms with van der Waals surface area (Å²) in [5.41, 5.74) is 6.16. The van der Waals surface area contributed by atoms with Crippen molar-refractivity contribution in [3.8, 4) is 10.6 Å². The van der Waals surface area contributed by atoms with Gasteiger partial charge < -0.3 is 5.73 Å². The molecule has 31 heavy (non-hydrogen) atoms. The highest BCUT2D eigenvalue weighted by molar-refractivity contribution is 7.13. The van der Waals surface area contributed by atoms with E-state index in [0.29, 0.717) is 24.5 Å². The van der Waals surface area contributed by atoms with Crippen molar-refractivity contribution < 1.29 is 4.79 Å². The van der Waals surface area contributed by atoms with Gasteiger partial charge in [0.05, 0.1) is 0 Å². The lowest BCUT2D eigenvalue weighted by molar-refractivity contribution is 0.0982. The van der Waals surface area contributed by atoms with Crippen LogP contribution in [0.2, 0.25) is 0 Å². The summed E-state index contributed by atoms with van der Waals surface area (Å²) in [5, 5.41) is 2.40. The largest absolute Gasteiger partial charge is 0.383 e. The van der Waals surface area contributed by atoms with Crippen LogP contribution in [0.4, 0.5) is 11.5 Å². The quantitative estimate of drug-likeness (QED) is 0.528. The number of nitrogens with two attached hydrogens (primary N) is 1. The van der Waals surface area contributed by atoms with Crippen LogP contribution in [0.25, 0.3) is 10.6 Å². The normalized spacial score (nSPS) is 10.9. The van der Waals surface area contributed by atoms with Crippen molar-refractivity contribution in [3.63, 3.8) is 0 Å². The maximum atomic E-state index is 13.4. The Balaban J connectivity index is 2.03. The Bertz CT molecular complexity index is 1150. The molecule has 2 heterocycles. The third-order valence-electron chi connectivity index (χ3n) is 4.94. The first-order chi connectivity index (χ1) is 15.0. The van der Waals surface area contributed by atoms with E-state index in [2.05, 4.69) is 9.97 Å². The topological polar surface area (TPSA) is 114 Å². The van der Waals surface area contributed by atoms with Gasteiger partial charge in [-0.25, -0.2) is 9.78 Å². The second-order valence-electron chi connectivity index (χ2n) is 7.21. The zero-order valence-corrected chi connectivity index (χ0v) is 18.6. The zero-order chi connectivity index (χ0) is 22.4. The van der Waals surface area contributed by atoms with Gasteiger partial charge in [0.15, 0.2) is 5.69 Å². The number of rotatable bonds is 9. The first-order valence-electron chi connectivity index (χ1n) is 10.4. The molecule has 0 atom stereocenters. The van der Waals surface area contributed by atoms with Crippen molar-refractivity contribution in [1.82, 2.24) is 14.5 Å². The Morgan fingerprint density at radius 2 is 1.87 bits per heavy atom. The van der Waals surface area contributed by atoms with E-state index in [1.165, 1.54) is 20.8 Å². The number of hydrogen-bond acceptors (Lipinski definition) is 6. The molecule has 8 nitrogen and oxygen atoms in total. The number of anilines is 2. The fourth-order valence-electron chi connectivity index (χ4n) is 3.23. The van der Waals surface area contributed by atoms with E-state index in [0.717, 1.165) is 24.8 Å². The Hall–Kier alpha value is -3.20. The van der Waals surface area contributed by atoms with Gasteiger partial charge in [-0.3, -0.25) is 24.0 Å². The van der Waals surface area contributed by atoms with Crippen LogP contribution in [0.5, 0.6) is 0 Å². The van der Waals surface area contributed by atoms with Gasteiger partial charge in [0, 0.05) is 24.0 Å². The molecule has 2 aromatic heterocycles. The van der Waals surface area contributed by atoms with Gasteiger partial charge in [0.25, 0.3) is 11.5 Å². The predicted octanol–water partition coefficient (Wildman–Crippen LogP) is 3.49. The minimum Gasteiger partial charge on any atom is -0.383 e. The van der Waals surface area contributed by atoms with E-state index < -0.39 is 17.2 Å². The van der Waals surface area contributed by atoms with Gasteiger partial charge in [-0.15, -0.1) is 11.3 Å². The van der Waals surface area contributed by atoms with E-state index >= 15 is 0 Å². The number of aromatic nitrogens is 3. The van der Waals surface area contributed by atoms with E-state index in [-0.39, 0.29) is 17.2 Å². The number of benzene rings is 1. The number of carbonyl (C=O) groups excluding carboxylic acids is 1. The molecule has 9 heteroatoms. The van der Waals surface area contributed by atoms with Crippen molar-refractivity contribution in [1.29, 1.82) is 0 Å². The van der Waals surface area contributed by atoms with Crippen LogP contribution in [-0.4, -0.2) is 27.0 Å². The molecule has 3 rings (SSSR count). The SMILES string of the molecule is CCCCN(C(=O)c1csc(-c2ccccc2)n1)c1c(N)n(CCCC)c(=O)[nH]c1=O. The van der Waals surface area contributed by atoms with E-state index in [9.17, 15) is 14.4 Å². The minimum atomic E-state index is -0.668. The molecular formula is C22H27N5O3S. The molecule has 0 saturated carbocycles. The number of unbranched alkanes of at least 4 members (excludes halogenated alkanes) is 2. The highest BCUT2D eigenvalue weighted by atomic mass is 32.1. The number of hydrogen-bond donors (Lipinski definition) is 2. The summed E-state index contributed by atoms with van der Waals surface area (Å²) in [4.78, 5) is 46.5. The Morgan fingerprint density at radius 1 is 1.16 bits per heavy atom. The second kappa shape index (κ2) is 10.2. The third kappa shape index (κ3) is 4.93. The number of amides is 1. The predicted molar refractivity (Wildman–Crippen MR) is 125 cm³/mol. The minimum absolute atomic E-state index is 0.00316. The molecule has 0 fully saturated rings. The van der Waals surface area contributed by atoms with Crippen LogP contribution in [0.15, 0.2) is 45.3 Å². The first kappa shape index (κ1) is 22.5. The highest BCUT2D eigenvalue weighted by Crippen LogP contribution is 2.26. The summed E-state index contributed by atoms with van der Waals surface area (Å²) >= 11 is 1.36. The van der Waals surface area contributed by atoms with Crippen LogP contribution < -0.4 is 21.9 Å². The molecule has 0 aliphatic heterocycles. The van der Waals surface area contributed by atoms with Gasteiger partial charge in [-0.2, -0.15) is 0 Å². The van der Waals surface area contributed by atoms with E-state index in [4.69, 9.17) is 5.73 Å². The zero-order valence-electron chi connectivity index (χ0n) is 17.8. The molecule has 1 amide bonds. The van der Waals surface area contributed by atoms with Crippen molar-refractivity contribution in [2.45, 2.75) is 46.1 Å². The van der Waals surface area contributed by atoms with E-state index in [1.807, 2.05) is 44.2 Å². The van der Waals surface area contributed by atoms with Crippen LogP contribution in [0.3, 0.4) is 0 Å². The molecule has 1 aromatic carbocycles. The lowest BCUT2D eigenvalue weighted by Crippen LogP contribution is -2.41. The molecule has 3 aromatic rings. The fourth-order valence-corrected chi connectivity index (χ4v) is 4.03. The average Bonchev–Trinajstić information content (AvgIpc) is 3.26. The lowest BCUT2D eigenvalue weighted by atomic mass is 10.2. The molecule has 0 saturated heterocycles. The van der Waals surface area contributed by atoms with Gasteiger partial charge >= 0.3 is 5.69 Å². The van der Waals surface area contributed by atoms with Gasteiger partial charge in [0.2, 0.25) is 0 Å². The van der Waals surface area contributed by atoms with Gasteiger partial charge in [-0.1, -0.05) is 57.0 Å². The van der Waals surface area contributed by atoms with Crippen molar-refractivity contribution >= 4 is 28.7 Å². The number of nitrogens with zero attached hydrogens (tertiary/aromatic N) is 3. The van der Waals surface area contributed by atoms with Crippen LogP contribution in [0.1, 0.15) is 50.0 Å². The summed E-state index contributed by atoms with van der Waals surface area (Å²) in [6.45, 7) is 4.66. The first-order valence-corrected chi connectivity index (χ1v) is 11.3. The van der Waals surface area contributed by atoms with Crippen molar-refractivity contribution in [2.75, 3.05) is 17.2 Å². The molecule has 0 bridgehead atoms. The van der Waals surface area contributed by atoms with Crippen molar-refractivity contribution in [2.24, 2.45) is 0 Å². The monoisotopic (exact) mass is 441 g/mol. The van der Waals surface area contributed by atoms with Crippen molar-refractivity contribution in [3.05, 3.63) is 62.2 Å². The van der Waals surface area contributed by atoms with Crippen LogP contribution >= 0.6 is 11.3 Å². The standard InChI is InChI=1S/C22H27N5O3S/c1-3-5-12-26(17-18(23)27(13-6-4-2)22(30)25-19(17)28)21(29)16-14-31-20(24-16)15-10-8-7-9-11-15/h7-11,14H,3-6,12-13,23H2,1-2H3,(H,25,28,30). The Labute approximate surface area is 184 Å². The number of aromatic amines is 1. The molecular weight excluding hydrogens is 414 g/mol.